The van der Waals surface area contributed by atoms with Crippen LogP contribution in [0.15, 0.2) is 77.8 Å². The van der Waals surface area contributed by atoms with Gasteiger partial charge in [0.1, 0.15) is 0 Å². The van der Waals surface area contributed by atoms with Crippen molar-refractivity contribution in [2.45, 2.75) is 42.5 Å². The molecule has 8 heteroatoms. The quantitative estimate of drug-likeness (QED) is 0.351. The summed E-state index contributed by atoms with van der Waals surface area (Å²) in [4.78, 5) is 16.5. The van der Waals surface area contributed by atoms with Gasteiger partial charge in [0.2, 0.25) is 0 Å². The number of benzene rings is 3. The van der Waals surface area contributed by atoms with Crippen LogP contribution in [0.3, 0.4) is 0 Å². The molecule has 3 aromatic carbocycles. The molecule has 0 saturated carbocycles. The summed E-state index contributed by atoms with van der Waals surface area (Å²) in [5.41, 5.74) is 1.85. The maximum absolute atomic E-state index is 14.0. The first kappa shape index (κ1) is 24.9. The Labute approximate surface area is 223 Å². The standard InChI is InChI=1S/C30H33N3O4S/c1-37-30(34)32-19-15-24(16-20-32)31-17-13-23(14-18-31)27-21-33(28-11-5-4-10-26(27)28)38(35,36)29-12-6-8-22-7-2-3-9-25(22)29/h2-12,21,23-24H,13-20H2,1H3. The van der Waals surface area contributed by atoms with Gasteiger partial charge in [0.05, 0.1) is 17.5 Å². The van der Waals surface area contributed by atoms with Gasteiger partial charge in [0, 0.05) is 36.1 Å². The number of amides is 1. The number of para-hydroxylation sites is 1. The lowest BCUT2D eigenvalue weighted by Gasteiger charge is -2.41. The molecular weight excluding hydrogens is 498 g/mol. The highest BCUT2D eigenvalue weighted by molar-refractivity contribution is 7.90. The maximum Gasteiger partial charge on any atom is 0.409 e. The summed E-state index contributed by atoms with van der Waals surface area (Å²) in [5, 5.41) is 2.66. The van der Waals surface area contributed by atoms with Gasteiger partial charge in [0.15, 0.2) is 0 Å². The van der Waals surface area contributed by atoms with Crippen LogP contribution in [0.4, 0.5) is 4.79 Å². The molecule has 0 spiro atoms. The topological polar surface area (TPSA) is 71.8 Å². The second-order valence-corrected chi connectivity index (χ2v) is 12.2. The molecule has 0 radical (unpaired) electrons. The number of carbonyl (C=O) groups is 1. The lowest BCUT2D eigenvalue weighted by atomic mass is 9.88. The van der Waals surface area contributed by atoms with Gasteiger partial charge in [0.25, 0.3) is 10.0 Å². The van der Waals surface area contributed by atoms with Gasteiger partial charge in [-0.1, -0.05) is 54.6 Å². The van der Waals surface area contributed by atoms with Crippen molar-refractivity contribution in [2.75, 3.05) is 33.3 Å². The third-order valence-electron chi connectivity index (χ3n) is 8.38. The molecule has 4 aromatic rings. The molecule has 0 unspecified atom stereocenters. The Morgan fingerprint density at radius 2 is 1.47 bits per heavy atom. The monoisotopic (exact) mass is 531 g/mol. The number of hydrogen-bond acceptors (Lipinski definition) is 5. The van der Waals surface area contributed by atoms with Gasteiger partial charge >= 0.3 is 6.09 Å². The van der Waals surface area contributed by atoms with E-state index >= 15 is 0 Å². The maximum atomic E-state index is 14.0. The van der Waals surface area contributed by atoms with Crippen molar-refractivity contribution in [2.24, 2.45) is 0 Å². The highest BCUT2D eigenvalue weighted by Crippen LogP contribution is 2.37. The molecule has 1 amide bonds. The van der Waals surface area contributed by atoms with Gasteiger partial charge < -0.3 is 14.5 Å². The molecule has 0 N–H and O–H groups in total. The molecule has 198 valence electrons. The van der Waals surface area contributed by atoms with Crippen LogP contribution in [0.25, 0.3) is 21.7 Å². The third-order valence-corrected chi connectivity index (χ3v) is 10.1. The Bertz CT molecular complexity index is 1570. The Morgan fingerprint density at radius 1 is 0.816 bits per heavy atom. The van der Waals surface area contributed by atoms with Crippen LogP contribution in [-0.2, 0) is 14.8 Å². The molecule has 3 heterocycles. The Morgan fingerprint density at radius 3 is 2.21 bits per heavy atom. The minimum atomic E-state index is -3.79. The molecule has 0 aliphatic carbocycles. The smallest absolute Gasteiger partial charge is 0.409 e. The number of carbonyl (C=O) groups excluding carboxylic acids is 1. The van der Waals surface area contributed by atoms with E-state index in [-0.39, 0.29) is 6.09 Å². The van der Waals surface area contributed by atoms with E-state index in [1.807, 2.05) is 60.8 Å². The largest absolute Gasteiger partial charge is 0.453 e. The van der Waals surface area contributed by atoms with E-state index in [1.54, 1.807) is 11.0 Å². The van der Waals surface area contributed by atoms with E-state index in [9.17, 15) is 13.2 Å². The second kappa shape index (κ2) is 10.1. The van der Waals surface area contributed by atoms with Gasteiger partial charge in [-0.05, 0) is 67.8 Å². The van der Waals surface area contributed by atoms with Gasteiger partial charge in [-0.15, -0.1) is 0 Å². The molecule has 38 heavy (non-hydrogen) atoms. The summed E-state index contributed by atoms with van der Waals surface area (Å²) in [6, 6.07) is 21.4. The number of rotatable bonds is 4. The summed E-state index contributed by atoms with van der Waals surface area (Å²) in [5.74, 6) is 0.301. The number of aromatic nitrogens is 1. The predicted molar refractivity (Wildman–Crippen MR) is 149 cm³/mol. The van der Waals surface area contributed by atoms with Crippen molar-refractivity contribution < 1.29 is 17.9 Å². The summed E-state index contributed by atoms with van der Waals surface area (Å²) >= 11 is 0. The van der Waals surface area contributed by atoms with Gasteiger partial charge in [-0.25, -0.2) is 17.2 Å². The average molecular weight is 532 g/mol. The molecule has 2 aliphatic heterocycles. The first-order valence-corrected chi connectivity index (χ1v) is 14.8. The van der Waals surface area contributed by atoms with Crippen LogP contribution < -0.4 is 0 Å². The highest BCUT2D eigenvalue weighted by Gasteiger charge is 2.32. The summed E-state index contributed by atoms with van der Waals surface area (Å²) in [6.45, 7) is 3.42. The number of likely N-dealkylation sites (tertiary alicyclic amines) is 2. The van der Waals surface area contributed by atoms with E-state index in [0.717, 1.165) is 79.1 Å². The second-order valence-electron chi connectivity index (χ2n) is 10.4. The fraction of sp³-hybridized carbons (Fsp3) is 0.367. The number of fused-ring (bicyclic) bond motifs is 2. The van der Waals surface area contributed by atoms with Crippen LogP contribution in [0.1, 0.15) is 37.2 Å². The minimum Gasteiger partial charge on any atom is -0.453 e. The zero-order chi connectivity index (χ0) is 26.3. The van der Waals surface area contributed by atoms with Crippen LogP contribution in [0, 0.1) is 0 Å². The minimum absolute atomic E-state index is 0.239. The Balaban J connectivity index is 1.25. The number of hydrogen-bond donors (Lipinski definition) is 0. The zero-order valence-electron chi connectivity index (χ0n) is 21.6. The molecule has 2 fully saturated rings. The zero-order valence-corrected chi connectivity index (χ0v) is 22.4. The van der Waals surface area contributed by atoms with Crippen molar-refractivity contribution >= 4 is 37.8 Å². The fourth-order valence-electron chi connectivity index (χ4n) is 6.34. The number of methoxy groups -OCH3 is 1. The van der Waals surface area contributed by atoms with Crippen molar-refractivity contribution in [3.05, 3.63) is 78.5 Å². The molecule has 2 aliphatic rings. The van der Waals surface area contributed by atoms with Crippen LogP contribution in [0.2, 0.25) is 0 Å². The van der Waals surface area contributed by atoms with E-state index in [2.05, 4.69) is 11.0 Å². The average Bonchev–Trinajstić information content (AvgIpc) is 3.37. The van der Waals surface area contributed by atoms with Gasteiger partial charge in [-0.2, -0.15) is 0 Å². The lowest BCUT2D eigenvalue weighted by molar-refractivity contribution is 0.0734. The van der Waals surface area contributed by atoms with Crippen LogP contribution in [-0.4, -0.2) is 67.6 Å². The molecule has 1 aromatic heterocycles. The summed E-state index contributed by atoms with van der Waals surface area (Å²) < 4.78 is 34.4. The van der Waals surface area contributed by atoms with E-state index in [0.29, 0.717) is 16.9 Å². The molecule has 0 bridgehead atoms. The molecule has 0 atom stereocenters. The predicted octanol–water partition coefficient (Wildman–Crippen LogP) is 5.44. The van der Waals surface area contributed by atoms with E-state index in [4.69, 9.17) is 4.74 Å². The highest BCUT2D eigenvalue weighted by atomic mass is 32.2. The van der Waals surface area contributed by atoms with Crippen molar-refractivity contribution in [3.8, 4) is 0 Å². The molecule has 7 nitrogen and oxygen atoms in total. The van der Waals surface area contributed by atoms with Crippen molar-refractivity contribution in [1.82, 2.24) is 13.8 Å². The van der Waals surface area contributed by atoms with Crippen molar-refractivity contribution in [3.63, 3.8) is 0 Å². The molecule has 2 saturated heterocycles. The lowest BCUT2D eigenvalue weighted by Crippen LogP contribution is -2.48. The first-order valence-electron chi connectivity index (χ1n) is 13.4. The van der Waals surface area contributed by atoms with Crippen molar-refractivity contribution in [1.29, 1.82) is 0 Å². The third kappa shape index (κ3) is 4.35. The number of nitrogens with zero attached hydrogens (tertiary/aromatic N) is 3. The first-order chi connectivity index (χ1) is 18.5. The molecule has 6 rings (SSSR count). The van der Waals surface area contributed by atoms with E-state index < -0.39 is 10.0 Å². The Hall–Kier alpha value is -3.36. The normalized spacial score (nSPS) is 18.3. The summed E-state index contributed by atoms with van der Waals surface area (Å²) in [6.07, 6.45) is 5.53. The fourth-order valence-corrected chi connectivity index (χ4v) is 7.94. The van der Waals surface area contributed by atoms with Crippen LogP contribution >= 0.6 is 0 Å². The van der Waals surface area contributed by atoms with Crippen LogP contribution in [0.5, 0.6) is 0 Å². The summed E-state index contributed by atoms with van der Waals surface area (Å²) in [7, 11) is -2.35. The SMILES string of the molecule is COC(=O)N1CCC(N2CCC(c3cn(S(=O)(=O)c4cccc5ccccc45)c4ccccc34)CC2)CC1. The Kier molecular flexibility index (Phi) is 6.61. The number of piperidine rings is 2. The molecular formula is C30H33N3O4S. The van der Waals surface area contributed by atoms with E-state index in [1.165, 1.54) is 11.1 Å². The number of ether oxygens (including phenoxy) is 1. The van der Waals surface area contributed by atoms with Gasteiger partial charge in [-0.3, -0.25) is 0 Å².